The lowest BCUT2D eigenvalue weighted by molar-refractivity contribution is -0.130. The summed E-state index contributed by atoms with van der Waals surface area (Å²) in [6, 6.07) is 6.07. The number of aromatic nitrogens is 2. The van der Waals surface area contributed by atoms with E-state index in [0.29, 0.717) is 5.92 Å². The van der Waals surface area contributed by atoms with E-state index in [0.717, 1.165) is 41.9 Å². The Bertz CT molecular complexity index is 622. The van der Waals surface area contributed by atoms with E-state index in [1.807, 2.05) is 29.3 Å². The van der Waals surface area contributed by atoms with Crippen molar-refractivity contribution in [3.8, 4) is 0 Å². The number of imidazole rings is 1. The van der Waals surface area contributed by atoms with Crippen molar-refractivity contribution in [1.29, 1.82) is 0 Å². The molecule has 2 aromatic rings. The highest BCUT2D eigenvalue weighted by Gasteiger charge is 2.26. The van der Waals surface area contributed by atoms with Gasteiger partial charge in [0, 0.05) is 32.1 Å². The molecule has 0 saturated carbocycles. The molecule has 1 amide bonds. The number of nitrogens with zero attached hydrogens (tertiary/aromatic N) is 3. The number of carbonyl (C=O) groups excluding carboxylic acids is 1. The van der Waals surface area contributed by atoms with Crippen molar-refractivity contribution < 1.29 is 4.79 Å². The van der Waals surface area contributed by atoms with Gasteiger partial charge in [-0.3, -0.25) is 4.79 Å². The molecule has 3 heterocycles. The molecular formula is C14H16BrN3O. The molecule has 0 spiro atoms. The van der Waals surface area contributed by atoms with Gasteiger partial charge < -0.3 is 9.30 Å². The summed E-state index contributed by atoms with van der Waals surface area (Å²) in [7, 11) is 0. The minimum atomic E-state index is 0.157. The van der Waals surface area contributed by atoms with Crippen molar-refractivity contribution in [2.75, 3.05) is 13.1 Å². The number of rotatable bonds is 1. The number of carbonyl (C=O) groups is 1. The quantitative estimate of drug-likeness (QED) is 0.810. The zero-order chi connectivity index (χ0) is 13.4. The summed E-state index contributed by atoms with van der Waals surface area (Å²) in [4.78, 5) is 18.1. The average Bonchev–Trinajstić information content (AvgIpc) is 2.77. The number of piperidine rings is 1. The maximum absolute atomic E-state index is 11.5. The summed E-state index contributed by atoms with van der Waals surface area (Å²) in [6.45, 7) is 3.29. The van der Waals surface area contributed by atoms with Crippen LogP contribution in [0.2, 0.25) is 0 Å². The first-order valence-corrected chi connectivity index (χ1v) is 7.34. The van der Waals surface area contributed by atoms with Crippen LogP contribution < -0.4 is 0 Å². The third-order valence-electron chi connectivity index (χ3n) is 3.76. The van der Waals surface area contributed by atoms with Crippen LogP contribution in [0.1, 0.15) is 31.5 Å². The van der Waals surface area contributed by atoms with Gasteiger partial charge in [0.25, 0.3) is 0 Å². The van der Waals surface area contributed by atoms with Gasteiger partial charge in [0.1, 0.15) is 10.4 Å². The Morgan fingerprint density at radius 3 is 3.11 bits per heavy atom. The van der Waals surface area contributed by atoms with Crippen molar-refractivity contribution >= 4 is 27.4 Å². The molecule has 0 aliphatic carbocycles. The monoisotopic (exact) mass is 321 g/mol. The molecule has 1 saturated heterocycles. The molecule has 0 radical (unpaired) electrons. The number of pyridine rings is 1. The third-order valence-corrected chi connectivity index (χ3v) is 4.35. The fourth-order valence-corrected chi connectivity index (χ4v) is 3.29. The minimum Gasteiger partial charge on any atom is -0.342 e. The molecule has 1 aliphatic rings. The smallest absolute Gasteiger partial charge is 0.219 e. The van der Waals surface area contributed by atoms with E-state index in [1.165, 1.54) is 0 Å². The number of likely N-dealkylation sites (tertiary alicyclic amines) is 1. The first kappa shape index (κ1) is 12.7. The van der Waals surface area contributed by atoms with E-state index in [-0.39, 0.29) is 5.91 Å². The zero-order valence-electron chi connectivity index (χ0n) is 10.8. The Morgan fingerprint density at radius 1 is 1.47 bits per heavy atom. The molecule has 0 aromatic carbocycles. The van der Waals surface area contributed by atoms with Gasteiger partial charge in [-0.15, -0.1) is 0 Å². The second-order valence-corrected chi connectivity index (χ2v) is 5.77. The highest BCUT2D eigenvalue weighted by Crippen LogP contribution is 2.29. The average molecular weight is 322 g/mol. The van der Waals surface area contributed by atoms with E-state index in [2.05, 4.69) is 25.3 Å². The summed E-state index contributed by atoms with van der Waals surface area (Å²) in [5, 5.41) is 0. The second-order valence-electron chi connectivity index (χ2n) is 5.02. The SMILES string of the molecule is CC(=O)N1CCCC(c2nc(Br)c3ccccn23)C1. The molecule has 19 heavy (non-hydrogen) atoms. The molecule has 5 heteroatoms. The fourth-order valence-electron chi connectivity index (χ4n) is 2.78. The van der Waals surface area contributed by atoms with Crippen molar-refractivity contribution in [3.63, 3.8) is 0 Å². The van der Waals surface area contributed by atoms with Crippen molar-refractivity contribution in [2.45, 2.75) is 25.7 Å². The van der Waals surface area contributed by atoms with Crippen molar-refractivity contribution in [2.24, 2.45) is 0 Å². The number of hydrogen-bond donors (Lipinski definition) is 0. The first-order valence-electron chi connectivity index (χ1n) is 6.55. The lowest BCUT2D eigenvalue weighted by Crippen LogP contribution is -2.38. The van der Waals surface area contributed by atoms with Crippen LogP contribution in [0.5, 0.6) is 0 Å². The number of hydrogen-bond acceptors (Lipinski definition) is 2. The van der Waals surface area contributed by atoms with Gasteiger partial charge >= 0.3 is 0 Å². The summed E-state index contributed by atoms with van der Waals surface area (Å²) in [5.41, 5.74) is 1.08. The predicted molar refractivity (Wildman–Crippen MR) is 77.1 cm³/mol. The predicted octanol–water partition coefficient (Wildman–Crippen LogP) is 2.82. The highest BCUT2D eigenvalue weighted by atomic mass is 79.9. The fraction of sp³-hybridized carbons (Fsp3) is 0.429. The van der Waals surface area contributed by atoms with E-state index >= 15 is 0 Å². The molecule has 1 aliphatic heterocycles. The van der Waals surface area contributed by atoms with Gasteiger partial charge in [-0.05, 0) is 40.9 Å². The number of halogens is 1. The normalized spacial score (nSPS) is 19.9. The lowest BCUT2D eigenvalue weighted by atomic mass is 9.97. The zero-order valence-corrected chi connectivity index (χ0v) is 12.4. The topological polar surface area (TPSA) is 37.6 Å². The Morgan fingerprint density at radius 2 is 2.32 bits per heavy atom. The Hall–Kier alpha value is -1.36. The van der Waals surface area contributed by atoms with Gasteiger partial charge in [0.2, 0.25) is 5.91 Å². The molecule has 2 aromatic heterocycles. The van der Waals surface area contributed by atoms with Crippen LogP contribution in [-0.4, -0.2) is 33.3 Å². The molecule has 4 nitrogen and oxygen atoms in total. The van der Waals surface area contributed by atoms with Crippen molar-refractivity contribution in [1.82, 2.24) is 14.3 Å². The van der Waals surface area contributed by atoms with Crippen LogP contribution in [-0.2, 0) is 4.79 Å². The largest absolute Gasteiger partial charge is 0.342 e. The summed E-state index contributed by atoms with van der Waals surface area (Å²) in [6.07, 6.45) is 4.17. The van der Waals surface area contributed by atoms with E-state index < -0.39 is 0 Å². The van der Waals surface area contributed by atoms with Gasteiger partial charge in [0.05, 0.1) is 5.52 Å². The van der Waals surface area contributed by atoms with Crippen molar-refractivity contribution in [3.05, 3.63) is 34.8 Å². The molecule has 3 rings (SSSR count). The van der Waals surface area contributed by atoms with Crippen LogP contribution in [0.15, 0.2) is 29.0 Å². The number of fused-ring (bicyclic) bond motifs is 1. The van der Waals surface area contributed by atoms with E-state index in [9.17, 15) is 4.79 Å². The number of amides is 1. The Balaban J connectivity index is 1.98. The standard InChI is InChI=1S/C14H16BrN3O/c1-10(19)17-7-4-5-11(9-17)14-16-13(15)12-6-2-3-8-18(12)14/h2-3,6,8,11H,4-5,7,9H2,1H3. The molecular weight excluding hydrogens is 306 g/mol. The van der Waals surface area contributed by atoms with Crippen LogP contribution in [0.25, 0.3) is 5.52 Å². The maximum atomic E-state index is 11.5. The summed E-state index contributed by atoms with van der Waals surface area (Å²) in [5.74, 6) is 1.52. The molecule has 0 bridgehead atoms. The summed E-state index contributed by atoms with van der Waals surface area (Å²) < 4.78 is 3.00. The van der Waals surface area contributed by atoms with E-state index in [1.54, 1.807) is 6.92 Å². The van der Waals surface area contributed by atoms with Gasteiger partial charge in [-0.2, -0.15) is 0 Å². The lowest BCUT2D eigenvalue weighted by Gasteiger charge is -2.31. The molecule has 0 N–H and O–H groups in total. The van der Waals surface area contributed by atoms with Gasteiger partial charge in [-0.25, -0.2) is 4.98 Å². The minimum absolute atomic E-state index is 0.157. The van der Waals surface area contributed by atoms with Gasteiger partial charge in [-0.1, -0.05) is 6.07 Å². The molecule has 1 atom stereocenters. The van der Waals surface area contributed by atoms with Crippen LogP contribution >= 0.6 is 15.9 Å². The summed E-state index contributed by atoms with van der Waals surface area (Å²) >= 11 is 3.52. The molecule has 100 valence electrons. The Labute approximate surface area is 120 Å². The van der Waals surface area contributed by atoms with Crippen LogP contribution in [0.3, 0.4) is 0 Å². The third kappa shape index (κ3) is 2.27. The highest BCUT2D eigenvalue weighted by molar-refractivity contribution is 9.10. The molecule has 1 unspecified atom stereocenters. The Kier molecular flexibility index (Phi) is 3.31. The van der Waals surface area contributed by atoms with E-state index in [4.69, 9.17) is 0 Å². The van der Waals surface area contributed by atoms with Crippen LogP contribution in [0.4, 0.5) is 0 Å². The second kappa shape index (κ2) is 4.96. The maximum Gasteiger partial charge on any atom is 0.219 e. The first-order chi connectivity index (χ1) is 9.16. The van der Waals surface area contributed by atoms with Crippen LogP contribution in [0, 0.1) is 0 Å². The molecule has 1 fully saturated rings. The van der Waals surface area contributed by atoms with Gasteiger partial charge in [0.15, 0.2) is 0 Å².